The number of piperidine rings is 1. The van der Waals surface area contributed by atoms with Crippen LogP contribution in [0.3, 0.4) is 0 Å². The van der Waals surface area contributed by atoms with Gasteiger partial charge in [-0.15, -0.1) is 0 Å². The van der Waals surface area contributed by atoms with Crippen molar-refractivity contribution in [3.8, 4) is 0 Å². The number of benzene rings is 1. The Morgan fingerprint density at radius 2 is 1.82 bits per heavy atom. The Hall–Kier alpha value is -4.30. The molecule has 1 aromatic carbocycles. The molecule has 270 valence electrons. The molecule has 0 amide bonds. The minimum absolute atomic E-state index is 0.0169. The predicted octanol–water partition coefficient (Wildman–Crippen LogP) is 4.38. The summed E-state index contributed by atoms with van der Waals surface area (Å²) in [5, 5.41) is 6.67. The quantitative estimate of drug-likeness (QED) is 0.215. The number of methoxy groups -OCH3 is 1. The monoisotopic (exact) mass is 707 g/mol. The molecule has 0 radical (unpaired) electrons. The van der Waals surface area contributed by atoms with E-state index in [1.54, 1.807) is 32.9 Å². The van der Waals surface area contributed by atoms with E-state index in [1.165, 1.54) is 31.1 Å². The van der Waals surface area contributed by atoms with Gasteiger partial charge in [0.1, 0.15) is 35.4 Å². The molecule has 4 heterocycles. The lowest BCUT2D eigenvalue weighted by Crippen LogP contribution is -2.48. The zero-order valence-corrected chi connectivity index (χ0v) is 30.4. The largest absolute Gasteiger partial charge is 0.469 e. The van der Waals surface area contributed by atoms with E-state index < -0.39 is 27.6 Å². The number of anilines is 3. The lowest BCUT2D eigenvalue weighted by molar-refractivity contribution is -0.156. The van der Waals surface area contributed by atoms with Crippen molar-refractivity contribution in [2.24, 2.45) is 0 Å². The van der Waals surface area contributed by atoms with Crippen LogP contribution < -0.4 is 20.3 Å². The lowest BCUT2D eigenvalue weighted by atomic mass is 9.92. The highest BCUT2D eigenvalue weighted by molar-refractivity contribution is 7.89. The van der Waals surface area contributed by atoms with E-state index >= 15 is 0 Å². The summed E-state index contributed by atoms with van der Waals surface area (Å²) in [6, 6.07) is 9.30. The molecule has 1 fully saturated rings. The number of pyridine rings is 1. The van der Waals surface area contributed by atoms with Gasteiger partial charge in [-0.1, -0.05) is 25.1 Å². The predicted molar refractivity (Wildman–Crippen MR) is 192 cm³/mol. The average Bonchev–Trinajstić information content (AvgIpc) is 3.11. The molecule has 1 atom stereocenters. The number of hydrogen-bond donors (Lipinski definition) is 3. The molecule has 50 heavy (non-hydrogen) atoms. The van der Waals surface area contributed by atoms with Crippen molar-refractivity contribution >= 4 is 39.4 Å². The van der Waals surface area contributed by atoms with Gasteiger partial charge in [-0.25, -0.2) is 23.4 Å². The number of aromatic nitrogens is 3. The summed E-state index contributed by atoms with van der Waals surface area (Å²) in [5.74, 6) is 1.68. The number of nitrogens with one attached hydrogen (secondary N) is 3. The third-order valence-electron chi connectivity index (χ3n) is 8.95. The number of esters is 2. The Balaban J connectivity index is 1.27. The van der Waals surface area contributed by atoms with E-state index in [9.17, 15) is 18.0 Å². The van der Waals surface area contributed by atoms with Gasteiger partial charge in [0, 0.05) is 49.8 Å². The van der Waals surface area contributed by atoms with Gasteiger partial charge in [-0.2, -0.15) is 4.72 Å². The molecule has 2 aromatic heterocycles. The third-order valence-corrected chi connectivity index (χ3v) is 10.4. The first kappa shape index (κ1) is 37.0. The number of sulfonamides is 1. The lowest BCUT2D eigenvalue weighted by Gasteiger charge is -2.34. The molecule has 0 saturated carbocycles. The molecule has 2 aliphatic heterocycles. The van der Waals surface area contributed by atoms with Crippen molar-refractivity contribution in [2.45, 2.75) is 95.1 Å². The van der Waals surface area contributed by atoms with Crippen molar-refractivity contribution in [1.82, 2.24) is 19.7 Å². The number of rotatable bonds is 13. The molecule has 3 N–H and O–H groups in total. The van der Waals surface area contributed by atoms with Crippen molar-refractivity contribution in [3.63, 3.8) is 0 Å². The Bertz CT molecular complexity index is 1750. The van der Waals surface area contributed by atoms with Crippen LogP contribution in [-0.4, -0.2) is 80.2 Å². The molecular weight excluding hydrogens is 659 g/mol. The first-order chi connectivity index (χ1) is 23.9. The molecule has 0 bridgehead atoms. The van der Waals surface area contributed by atoms with Crippen LogP contribution in [0.5, 0.6) is 0 Å². The molecule has 1 saturated heterocycles. The highest BCUT2D eigenvalue weighted by Crippen LogP contribution is 2.33. The minimum atomic E-state index is -4.12. The highest BCUT2D eigenvalue weighted by Gasteiger charge is 2.31. The van der Waals surface area contributed by atoms with Crippen LogP contribution in [0.1, 0.15) is 81.7 Å². The van der Waals surface area contributed by atoms with Crippen LogP contribution in [0.2, 0.25) is 0 Å². The van der Waals surface area contributed by atoms with E-state index in [2.05, 4.69) is 47.1 Å². The summed E-state index contributed by atoms with van der Waals surface area (Å²) in [7, 11) is -2.80. The maximum Gasteiger partial charge on any atom is 0.326 e. The molecule has 13 nitrogen and oxygen atoms in total. The summed E-state index contributed by atoms with van der Waals surface area (Å²) < 4.78 is 39.8. The second-order valence-corrected chi connectivity index (χ2v) is 15.4. The number of aryl methyl sites for hydroxylation is 2. The van der Waals surface area contributed by atoms with Crippen molar-refractivity contribution in [1.29, 1.82) is 0 Å². The Morgan fingerprint density at radius 3 is 2.50 bits per heavy atom. The fourth-order valence-electron chi connectivity index (χ4n) is 6.30. The number of fused-ring (bicyclic) bond motifs is 1. The van der Waals surface area contributed by atoms with E-state index in [4.69, 9.17) is 9.72 Å². The topological polar surface area (TPSA) is 165 Å². The first-order valence-electron chi connectivity index (χ1n) is 17.3. The molecule has 0 aliphatic carbocycles. The fraction of sp³-hybridized carbons (Fsp3) is 0.528. The molecule has 3 aromatic rings. The van der Waals surface area contributed by atoms with Crippen LogP contribution in [0.25, 0.3) is 0 Å². The number of carbonyl (C=O) groups is 2. The zero-order valence-electron chi connectivity index (χ0n) is 29.6. The fourth-order valence-corrected chi connectivity index (χ4v) is 7.48. The maximum absolute atomic E-state index is 13.5. The molecule has 5 rings (SSSR count). The Kier molecular flexibility index (Phi) is 11.9. The van der Waals surface area contributed by atoms with Crippen LogP contribution in [0, 0.1) is 0 Å². The number of ether oxygens (including phenoxy) is 2. The van der Waals surface area contributed by atoms with Gasteiger partial charge in [0.15, 0.2) is 0 Å². The smallest absolute Gasteiger partial charge is 0.326 e. The van der Waals surface area contributed by atoms with Gasteiger partial charge >= 0.3 is 11.9 Å². The van der Waals surface area contributed by atoms with Crippen molar-refractivity contribution in [2.75, 3.05) is 48.8 Å². The van der Waals surface area contributed by atoms with Gasteiger partial charge in [-0.05, 0) is 88.6 Å². The Morgan fingerprint density at radius 1 is 1.08 bits per heavy atom. The SMILES string of the molecule is CCc1c(NC[C@H](NS(=O)(=O)c2ccc(CCC(=O)OC)cc2)C(=O)OC(C)(C)C)ncnc1N1CCC(c2ccc3c(n2)NCCC3)CC1. The first-order valence-corrected chi connectivity index (χ1v) is 18.8. The molecule has 14 heteroatoms. The summed E-state index contributed by atoms with van der Waals surface area (Å²) in [6.07, 6.45) is 6.79. The Labute approximate surface area is 295 Å². The van der Waals surface area contributed by atoms with E-state index in [0.717, 1.165) is 73.8 Å². The van der Waals surface area contributed by atoms with Gasteiger partial charge in [-0.3, -0.25) is 9.59 Å². The zero-order chi connectivity index (χ0) is 35.9. The molecule has 2 aliphatic rings. The number of nitrogens with zero attached hydrogens (tertiary/aromatic N) is 4. The van der Waals surface area contributed by atoms with E-state index in [1.807, 2.05) is 6.92 Å². The summed E-state index contributed by atoms with van der Waals surface area (Å²) in [6.45, 7) is 9.68. The standard InChI is InChI=1S/C36H49N7O6S/c1-6-28-33(39-23-40-34(28)43-20-17-25(18-21-43)29-15-12-26-8-7-19-37-32(26)41-29)38-22-30(35(45)49-36(2,3)4)42-50(46,47)27-13-9-24(10-14-27)11-16-31(44)48-5/h9-10,12-15,23,25,30,42H,6-8,11,16-22H2,1-5H3,(H,37,41)(H,38,39,40)/t30-/m0/s1. The van der Waals surface area contributed by atoms with Crippen LogP contribution in [0.15, 0.2) is 47.6 Å². The molecule has 0 unspecified atom stereocenters. The van der Waals surface area contributed by atoms with E-state index in [0.29, 0.717) is 24.6 Å². The van der Waals surface area contributed by atoms with Gasteiger partial charge < -0.3 is 25.0 Å². The van der Waals surface area contributed by atoms with Gasteiger partial charge in [0.25, 0.3) is 0 Å². The van der Waals surface area contributed by atoms with Crippen LogP contribution in [-0.2, 0) is 48.3 Å². The normalized spacial score (nSPS) is 15.8. The summed E-state index contributed by atoms with van der Waals surface area (Å²) in [5.41, 5.74) is 3.24. The number of hydrogen-bond acceptors (Lipinski definition) is 12. The summed E-state index contributed by atoms with van der Waals surface area (Å²) >= 11 is 0. The molecular formula is C36H49N7O6S. The van der Waals surface area contributed by atoms with Crippen LogP contribution >= 0.6 is 0 Å². The minimum Gasteiger partial charge on any atom is -0.469 e. The molecule has 0 spiro atoms. The van der Waals surface area contributed by atoms with Gasteiger partial charge in [0.05, 0.1) is 12.0 Å². The van der Waals surface area contributed by atoms with E-state index in [-0.39, 0.29) is 23.8 Å². The summed E-state index contributed by atoms with van der Waals surface area (Å²) in [4.78, 5) is 41.2. The number of carbonyl (C=O) groups excluding carboxylic acids is 2. The second-order valence-electron chi connectivity index (χ2n) is 13.7. The van der Waals surface area contributed by atoms with Crippen LogP contribution in [0.4, 0.5) is 17.5 Å². The third kappa shape index (κ3) is 9.48. The van der Waals surface area contributed by atoms with Crippen molar-refractivity contribution < 1.29 is 27.5 Å². The maximum atomic E-state index is 13.5. The average molecular weight is 708 g/mol. The van der Waals surface area contributed by atoms with Gasteiger partial charge in [0.2, 0.25) is 10.0 Å². The second kappa shape index (κ2) is 16.2. The highest BCUT2D eigenvalue weighted by atomic mass is 32.2. The van der Waals surface area contributed by atoms with Crippen molar-refractivity contribution in [3.05, 3.63) is 65.1 Å².